The van der Waals surface area contributed by atoms with Gasteiger partial charge in [-0.2, -0.15) is 0 Å². The molecular weight excluding hydrogens is 380 g/mol. The Morgan fingerprint density at radius 2 is 1.80 bits per heavy atom. The van der Waals surface area contributed by atoms with E-state index in [9.17, 15) is 0 Å². The predicted molar refractivity (Wildman–Crippen MR) is 90.9 cm³/mol. The molecule has 1 aromatic heterocycles. The van der Waals surface area contributed by atoms with Crippen LogP contribution in [0.25, 0.3) is 10.9 Å². The normalized spacial score (nSPS) is 10.7. The first-order valence-corrected chi connectivity index (χ1v) is 7.84. The molecule has 3 aromatic rings. The lowest BCUT2D eigenvalue weighted by Gasteiger charge is -2.09. The maximum Gasteiger partial charge on any atom is 0.0706 e. The molecule has 0 aliphatic carbocycles. The SMILES string of the molecule is Brc1ccc(NCc2ccc3ccccc3n2)c(Br)c1. The predicted octanol–water partition coefficient (Wildman–Crippen LogP) is 5.37. The number of benzene rings is 2. The standard InChI is InChI=1S/C16H12Br2N2/c17-12-6-8-16(14(18)9-12)19-10-13-7-5-11-3-1-2-4-15(11)20-13/h1-9,19H,10H2. The molecule has 0 unspecified atom stereocenters. The van der Waals surface area contributed by atoms with Crippen LogP contribution < -0.4 is 5.32 Å². The number of pyridine rings is 1. The number of nitrogens with zero attached hydrogens (tertiary/aromatic N) is 1. The lowest BCUT2D eigenvalue weighted by Crippen LogP contribution is -2.02. The Morgan fingerprint density at radius 1 is 0.950 bits per heavy atom. The van der Waals surface area contributed by atoms with Gasteiger partial charge in [0.2, 0.25) is 0 Å². The molecule has 100 valence electrons. The number of halogens is 2. The summed E-state index contributed by atoms with van der Waals surface area (Å²) in [7, 11) is 0. The molecule has 0 aliphatic heterocycles. The van der Waals surface area contributed by atoms with E-state index in [0.717, 1.165) is 25.8 Å². The van der Waals surface area contributed by atoms with E-state index in [4.69, 9.17) is 0 Å². The van der Waals surface area contributed by atoms with Crippen LogP contribution in [0.5, 0.6) is 0 Å². The van der Waals surface area contributed by atoms with Gasteiger partial charge in [0.05, 0.1) is 17.8 Å². The Labute approximate surface area is 134 Å². The van der Waals surface area contributed by atoms with E-state index in [-0.39, 0.29) is 0 Å². The van der Waals surface area contributed by atoms with Crippen LogP contribution in [0.15, 0.2) is 63.5 Å². The number of hydrogen-bond acceptors (Lipinski definition) is 2. The van der Waals surface area contributed by atoms with Crippen molar-refractivity contribution in [3.8, 4) is 0 Å². The molecule has 20 heavy (non-hydrogen) atoms. The molecule has 2 nitrogen and oxygen atoms in total. The Morgan fingerprint density at radius 3 is 2.65 bits per heavy atom. The maximum atomic E-state index is 4.65. The monoisotopic (exact) mass is 390 g/mol. The zero-order valence-electron chi connectivity index (χ0n) is 10.6. The first-order chi connectivity index (χ1) is 9.72. The van der Waals surface area contributed by atoms with Crippen LogP contribution in [0.1, 0.15) is 5.69 Å². The number of anilines is 1. The van der Waals surface area contributed by atoms with Gasteiger partial charge in [0.15, 0.2) is 0 Å². The fourth-order valence-electron chi connectivity index (χ4n) is 2.03. The van der Waals surface area contributed by atoms with Crippen LogP contribution in [-0.4, -0.2) is 4.98 Å². The first kappa shape index (κ1) is 13.6. The van der Waals surface area contributed by atoms with Crippen LogP contribution in [0.2, 0.25) is 0 Å². The second-order valence-corrected chi connectivity index (χ2v) is 6.24. The van der Waals surface area contributed by atoms with Crippen LogP contribution in [0.3, 0.4) is 0 Å². The quantitative estimate of drug-likeness (QED) is 0.648. The van der Waals surface area contributed by atoms with Gasteiger partial charge in [-0.3, -0.25) is 4.98 Å². The molecule has 1 N–H and O–H groups in total. The Kier molecular flexibility index (Phi) is 4.03. The van der Waals surface area contributed by atoms with Crippen LogP contribution in [-0.2, 0) is 6.54 Å². The van der Waals surface area contributed by atoms with E-state index in [1.165, 1.54) is 5.39 Å². The summed E-state index contributed by atoms with van der Waals surface area (Å²) in [5.41, 5.74) is 3.11. The molecule has 1 heterocycles. The Bertz CT molecular complexity index is 756. The highest BCUT2D eigenvalue weighted by molar-refractivity contribution is 9.11. The molecule has 0 radical (unpaired) electrons. The zero-order valence-corrected chi connectivity index (χ0v) is 13.8. The fourth-order valence-corrected chi connectivity index (χ4v) is 3.21. The van der Waals surface area contributed by atoms with Gasteiger partial charge in [-0.15, -0.1) is 0 Å². The van der Waals surface area contributed by atoms with Crippen molar-refractivity contribution in [3.63, 3.8) is 0 Å². The molecule has 0 spiro atoms. The van der Waals surface area contributed by atoms with E-state index in [1.54, 1.807) is 0 Å². The average molecular weight is 392 g/mol. The lowest BCUT2D eigenvalue weighted by molar-refractivity contribution is 1.07. The van der Waals surface area contributed by atoms with Gasteiger partial charge >= 0.3 is 0 Å². The number of nitrogens with one attached hydrogen (secondary N) is 1. The second-order valence-electron chi connectivity index (χ2n) is 4.47. The summed E-state index contributed by atoms with van der Waals surface area (Å²) < 4.78 is 2.09. The van der Waals surface area contributed by atoms with Crippen molar-refractivity contribution >= 4 is 48.5 Å². The molecular formula is C16H12Br2N2. The summed E-state index contributed by atoms with van der Waals surface area (Å²) in [6, 6.07) is 18.4. The third-order valence-electron chi connectivity index (χ3n) is 3.05. The number of aromatic nitrogens is 1. The molecule has 0 bridgehead atoms. The molecule has 0 aliphatic rings. The van der Waals surface area contributed by atoms with Crippen molar-refractivity contribution < 1.29 is 0 Å². The van der Waals surface area contributed by atoms with Gasteiger partial charge in [0.1, 0.15) is 0 Å². The van der Waals surface area contributed by atoms with Crippen LogP contribution in [0, 0.1) is 0 Å². The summed E-state index contributed by atoms with van der Waals surface area (Å²) in [4.78, 5) is 4.65. The van der Waals surface area contributed by atoms with Gasteiger partial charge in [0, 0.05) is 20.0 Å². The smallest absolute Gasteiger partial charge is 0.0706 e. The van der Waals surface area contributed by atoms with E-state index in [2.05, 4.69) is 60.4 Å². The minimum absolute atomic E-state index is 0.699. The summed E-state index contributed by atoms with van der Waals surface area (Å²) in [5, 5.41) is 4.56. The molecule has 0 saturated carbocycles. The summed E-state index contributed by atoms with van der Waals surface area (Å²) in [6.07, 6.45) is 0. The highest BCUT2D eigenvalue weighted by Gasteiger charge is 2.02. The largest absolute Gasteiger partial charge is 0.378 e. The summed E-state index contributed by atoms with van der Waals surface area (Å²) in [6.45, 7) is 0.699. The second kappa shape index (κ2) is 5.94. The van der Waals surface area contributed by atoms with E-state index < -0.39 is 0 Å². The van der Waals surface area contributed by atoms with Gasteiger partial charge in [0.25, 0.3) is 0 Å². The van der Waals surface area contributed by atoms with Crippen molar-refractivity contribution in [1.82, 2.24) is 4.98 Å². The summed E-state index contributed by atoms with van der Waals surface area (Å²) in [5.74, 6) is 0. The van der Waals surface area contributed by atoms with Gasteiger partial charge in [-0.05, 0) is 46.3 Å². The van der Waals surface area contributed by atoms with Gasteiger partial charge in [-0.25, -0.2) is 0 Å². The number of rotatable bonds is 3. The van der Waals surface area contributed by atoms with E-state index in [0.29, 0.717) is 6.54 Å². The van der Waals surface area contributed by atoms with Crippen molar-refractivity contribution in [3.05, 3.63) is 69.2 Å². The van der Waals surface area contributed by atoms with Crippen LogP contribution >= 0.6 is 31.9 Å². The van der Waals surface area contributed by atoms with Crippen molar-refractivity contribution in [2.75, 3.05) is 5.32 Å². The molecule has 0 atom stereocenters. The number of fused-ring (bicyclic) bond motifs is 1. The summed E-state index contributed by atoms with van der Waals surface area (Å²) >= 11 is 7.00. The minimum atomic E-state index is 0.699. The molecule has 0 saturated heterocycles. The maximum absolute atomic E-state index is 4.65. The molecule has 0 fully saturated rings. The number of hydrogen-bond donors (Lipinski definition) is 1. The average Bonchev–Trinajstić information content (AvgIpc) is 2.46. The molecule has 4 heteroatoms. The van der Waals surface area contributed by atoms with Crippen LogP contribution in [0.4, 0.5) is 5.69 Å². The highest BCUT2D eigenvalue weighted by atomic mass is 79.9. The highest BCUT2D eigenvalue weighted by Crippen LogP contribution is 2.26. The van der Waals surface area contributed by atoms with Crippen molar-refractivity contribution in [2.45, 2.75) is 6.54 Å². The fraction of sp³-hybridized carbons (Fsp3) is 0.0625. The number of para-hydroxylation sites is 1. The Hall–Kier alpha value is -1.39. The molecule has 2 aromatic carbocycles. The van der Waals surface area contributed by atoms with Crippen molar-refractivity contribution in [1.29, 1.82) is 0 Å². The third kappa shape index (κ3) is 3.02. The van der Waals surface area contributed by atoms with Crippen molar-refractivity contribution in [2.24, 2.45) is 0 Å². The minimum Gasteiger partial charge on any atom is -0.378 e. The third-order valence-corrected chi connectivity index (χ3v) is 4.20. The Balaban J connectivity index is 1.79. The zero-order chi connectivity index (χ0) is 13.9. The lowest BCUT2D eigenvalue weighted by atomic mass is 10.2. The van der Waals surface area contributed by atoms with Gasteiger partial charge < -0.3 is 5.32 Å². The molecule has 0 amide bonds. The van der Waals surface area contributed by atoms with Gasteiger partial charge in [-0.1, -0.05) is 40.2 Å². The van der Waals surface area contributed by atoms with E-state index in [1.807, 2.05) is 36.4 Å². The van der Waals surface area contributed by atoms with E-state index >= 15 is 0 Å². The first-order valence-electron chi connectivity index (χ1n) is 6.26. The topological polar surface area (TPSA) is 24.9 Å². The molecule has 3 rings (SSSR count).